The molecule has 0 saturated heterocycles. The molecule has 150 valence electrons. The number of hydrogen-bond donors (Lipinski definition) is 3. The van der Waals surface area contributed by atoms with E-state index >= 15 is 0 Å². The molecule has 0 unspecified atom stereocenters. The molecule has 4 N–H and O–H groups in total. The first-order valence-corrected chi connectivity index (χ1v) is 9.94. The zero-order valence-corrected chi connectivity index (χ0v) is 16.6. The maximum Gasteiger partial charge on any atom is 0.222 e. The number of carbonyl (C=O) groups is 1. The van der Waals surface area contributed by atoms with Gasteiger partial charge in [0.25, 0.3) is 0 Å². The second-order valence-electron chi connectivity index (χ2n) is 7.29. The average molecular weight is 396 g/mol. The van der Waals surface area contributed by atoms with E-state index in [1.54, 1.807) is 0 Å². The van der Waals surface area contributed by atoms with E-state index < -0.39 is 0 Å². The molecule has 4 rings (SSSR count). The summed E-state index contributed by atoms with van der Waals surface area (Å²) in [6, 6.07) is 26.2. The van der Waals surface area contributed by atoms with Crippen LogP contribution in [0, 0.1) is 5.41 Å². The molecule has 0 fully saturated rings. The van der Waals surface area contributed by atoms with E-state index in [0.29, 0.717) is 25.1 Å². The van der Waals surface area contributed by atoms with E-state index in [-0.39, 0.29) is 11.7 Å². The fourth-order valence-corrected chi connectivity index (χ4v) is 3.52. The van der Waals surface area contributed by atoms with Crippen molar-refractivity contribution >= 4 is 22.6 Å². The van der Waals surface area contributed by atoms with Crippen LogP contribution in [0.5, 0.6) is 0 Å². The van der Waals surface area contributed by atoms with Gasteiger partial charge in [-0.3, -0.25) is 10.2 Å². The van der Waals surface area contributed by atoms with Crippen LogP contribution in [0.2, 0.25) is 0 Å². The minimum atomic E-state index is 0.0179. The Balaban J connectivity index is 1.31. The smallest absolute Gasteiger partial charge is 0.222 e. The summed E-state index contributed by atoms with van der Waals surface area (Å²) in [6.45, 7) is 1.12. The van der Waals surface area contributed by atoms with Gasteiger partial charge in [0, 0.05) is 42.2 Å². The molecule has 1 amide bonds. The van der Waals surface area contributed by atoms with Crippen molar-refractivity contribution in [1.29, 1.82) is 5.41 Å². The van der Waals surface area contributed by atoms with Gasteiger partial charge in [-0.1, -0.05) is 54.6 Å². The Bertz CT molecular complexity index is 1180. The van der Waals surface area contributed by atoms with Crippen LogP contribution in [-0.2, 0) is 17.9 Å². The normalized spacial score (nSPS) is 10.8. The summed E-state index contributed by atoms with van der Waals surface area (Å²) in [5.74, 6) is 0.0742. The maximum atomic E-state index is 12.3. The SMILES string of the molecule is N=C(N)c1ccc2c(ccn2CCC(=O)NCc2ccc(-c3ccccc3)cc2)c1. The number of fused-ring (bicyclic) bond motifs is 1. The van der Waals surface area contributed by atoms with Gasteiger partial charge in [0.15, 0.2) is 0 Å². The van der Waals surface area contributed by atoms with Crippen molar-refractivity contribution in [3.8, 4) is 11.1 Å². The van der Waals surface area contributed by atoms with E-state index in [9.17, 15) is 4.79 Å². The van der Waals surface area contributed by atoms with Crippen LogP contribution < -0.4 is 11.1 Å². The molecule has 1 heterocycles. The first-order chi connectivity index (χ1) is 14.6. The second-order valence-corrected chi connectivity index (χ2v) is 7.29. The molecule has 30 heavy (non-hydrogen) atoms. The van der Waals surface area contributed by atoms with Gasteiger partial charge in [-0.15, -0.1) is 0 Å². The van der Waals surface area contributed by atoms with Crippen LogP contribution in [0.1, 0.15) is 17.5 Å². The van der Waals surface area contributed by atoms with Crippen molar-refractivity contribution in [2.24, 2.45) is 5.73 Å². The minimum Gasteiger partial charge on any atom is -0.384 e. The van der Waals surface area contributed by atoms with Gasteiger partial charge < -0.3 is 15.6 Å². The Labute approximate surface area is 175 Å². The van der Waals surface area contributed by atoms with E-state index in [0.717, 1.165) is 22.0 Å². The molecule has 0 spiro atoms. The largest absolute Gasteiger partial charge is 0.384 e. The summed E-state index contributed by atoms with van der Waals surface area (Å²) in [7, 11) is 0. The predicted octanol–water partition coefficient (Wildman–Crippen LogP) is 4.30. The maximum absolute atomic E-state index is 12.3. The number of nitrogens with zero attached hydrogens (tertiary/aromatic N) is 1. The molecule has 0 aliphatic carbocycles. The monoisotopic (exact) mass is 396 g/mol. The van der Waals surface area contributed by atoms with Gasteiger partial charge in [0.05, 0.1) is 0 Å². The molecule has 4 aromatic rings. The fourth-order valence-electron chi connectivity index (χ4n) is 3.52. The predicted molar refractivity (Wildman–Crippen MR) is 121 cm³/mol. The number of aromatic nitrogens is 1. The Hall–Kier alpha value is -3.86. The highest BCUT2D eigenvalue weighted by molar-refractivity contribution is 5.98. The molecule has 0 radical (unpaired) electrons. The molecular weight excluding hydrogens is 372 g/mol. The van der Waals surface area contributed by atoms with Gasteiger partial charge >= 0.3 is 0 Å². The Morgan fingerprint density at radius 1 is 0.933 bits per heavy atom. The standard InChI is InChI=1S/C25H24N4O/c26-25(27)22-10-11-23-21(16-22)12-14-29(23)15-13-24(30)28-17-18-6-8-20(9-7-18)19-4-2-1-3-5-19/h1-12,14,16H,13,15,17H2,(H3,26,27)(H,28,30). The van der Waals surface area contributed by atoms with Crippen LogP contribution in [-0.4, -0.2) is 16.3 Å². The topological polar surface area (TPSA) is 83.9 Å². The van der Waals surface area contributed by atoms with Crippen molar-refractivity contribution in [2.75, 3.05) is 0 Å². The molecule has 0 aliphatic heterocycles. The second kappa shape index (κ2) is 8.66. The van der Waals surface area contributed by atoms with Crippen LogP contribution in [0.15, 0.2) is 85.1 Å². The highest BCUT2D eigenvalue weighted by Gasteiger charge is 2.07. The highest BCUT2D eigenvalue weighted by atomic mass is 16.1. The van der Waals surface area contributed by atoms with Crippen molar-refractivity contribution in [1.82, 2.24) is 9.88 Å². The molecule has 0 atom stereocenters. The lowest BCUT2D eigenvalue weighted by Crippen LogP contribution is -2.23. The van der Waals surface area contributed by atoms with Gasteiger partial charge in [0.2, 0.25) is 5.91 Å². The van der Waals surface area contributed by atoms with Crippen molar-refractivity contribution in [3.63, 3.8) is 0 Å². The van der Waals surface area contributed by atoms with E-state index in [1.165, 1.54) is 5.56 Å². The zero-order valence-electron chi connectivity index (χ0n) is 16.6. The summed E-state index contributed by atoms with van der Waals surface area (Å²) in [6.07, 6.45) is 2.37. The van der Waals surface area contributed by atoms with Crippen molar-refractivity contribution in [3.05, 3.63) is 96.2 Å². The summed E-state index contributed by atoms with van der Waals surface area (Å²) in [5.41, 5.74) is 10.7. The third-order valence-electron chi connectivity index (χ3n) is 5.21. The van der Waals surface area contributed by atoms with Crippen LogP contribution in [0.3, 0.4) is 0 Å². The number of rotatable bonds is 7. The Morgan fingerprint density at radius 3 is 2.40 bits per heavy atom. The van der Waals surface area contributed by atoms with Crippen molar-refractivity contribution < 1.29 is 4.79 Å². The van der Waals surface area contributed by atoms with Crippen molar-refractivity contribution in [2.45, 2.75) is 19.5 Å². The van der Waals surface area contributed by atoms with Gasteiger partial charge in [-0.2, -0.15) is 0 Å². The number of aryl methyl sites for hydroxylation is 1. The first kappa shape index (κ1) is 19.5. The third kappa shape index (κ3) is 4.41. The molecule has 5 nitrogen and oxygen atoms in total. The number of hydrogen-bond acceptors (Lipinski definition) is 2. The lowest BCUT2D eigenvalue weighted by molar-refractivity contribution is -0.121. The number of amidine groups is 1. The number of carbonyl (C=O) groups excluding carboxylic acids is 1. The van der Waals surface area contributed by atoms with Gasteiger partial charge in [-0.25, -0.2) is 0 Å². The zero-order chi connectivity index (χ0) is 20.9. The number of amides is 1. The molecule has 0 saturated carbocycles. The summed E-state index contributed by atoms with van der Waals surface area (Å²) in [5, 5.41) is 11.6. The minimum absolute atomic E-state index is 0.0179. The molecule has 5 heteroatoms. The quantitative estimate of drug-likeness (QED) is 0.321. The van der Waals surface area contributed by atoms with Crippen LogP contribution >= 0.6 is 0 Å². The first-order valence-electron chi connectivity index (χ1n) is 9.94. The summed E-state index contributed by atoms with van der Waals surface area (Å²) >= 11 is 0. The number of benzene rings is 3. The molecule has 3 aromatic carbocycles. The summed E-state index contributed by atoms with van der Waals surface area (Å²) < 4.78 is 2.05. The van der Waals surface area contributed by atoms with E-state index in [1.807, 2.05) is 53.2 Å². The molecule has 0 bridgehead atoms. The van der Waals surface area contributed by atoms with E-state index in [2.05, 4.69) is 41.7 Å². The lowest BCUT2D eigenvalue weighted by atomic mass is 10.0. The Kier molecular flexibility index (Phi) is 5.61. The average Bonchev–Trinajstić information content (AvgIpc) is 3.19. The molecular formula is C25H24N4O. The van der Waals surface area contributed by atoms with E-state index in [4.69, 9.17) is 11.1 Å². The number of nitrogens with two attached hydrogens (primary N) is 1. The fraction of sp³-hybridized carbons (Fsp3) is 0.120. The van der Waals surface area contributed by atoms with Crippen LogP contribution in [0.4, 0.5) is 0 Å². The molecule has 1 aromatic heterocycles. The number of nitrogens with one attached hydrogen (secondary N) is 2. The summed E-state index contributed by atoms with van der Waals surface area (Å²) in [4.78, 5) is 12.3. The number of nitrogen functional groups attached to an aromatic ring is 1. The Morgan fingerprint density at radius 2 is 1.67 bits per heavy atom. The van der Waals surface area contributed by atoms with Gasteiger partial charge in [0.1, 0.15) is 5.84 Å². The van der Waals surface area contributed by atoms with Crippen LogP contribution in [0.25, 0.3) is 22.0 Å². The highest BCUT2D eigenvalue weighted by Crippen LogP contribution is 2.20. The van der Waals surface area contributed by atoms with Gasteiger partial charge in [-0.05, 0) is 41.0 Å². The lowest BCUT2D eigenvalue weighted by Gasteiger charge is -2.09. The third-order valence-corrected chi connectivity index (χ3v) is 5.21. The molecule has 0 aliphatic rings.